The van der Waals surface area contributed by atoms with Crippen LogP contribution in [0, 0.1) is 0 Å². The molecule has 1 aromatic rings. The quantitative estimate of drug-likeness (QED) is 0.878. The number of carbonyl (C=O) groups is 1. The zero-order valence-corrected chi connectivity index (χ0v) is 14.5. The van der Waals surface area contributed by atoms with Crippen LogP contribution in [-0.2, 0) is 10.0 Å². The first kappa shape index (κ1) is 18.2. The molecule has 0 aliphatic carbocycles. The number of sulfonamides is 1. The van der Waals surface area contributed by atoms with E-state index in [-0.39, 0.29) is 20.5 Å². The predicted octanol–water partition coefficient (Wildman–Crippen LogP) is 3.50. The molecule has 0 saturated heterocycles. The summed E-state index contributed by atoms with van der Waals surface area (Å²) in [6.07, 6.45) is 0.583. The van der Waals surface area contributed by atoms with Crippen LogP contribution in [0.1, 0.15) is 37.6 Å². The summed E-state index contributed by atoms with van der Waals surface area (Å²) < 4.78 is 26.5. The van der Waals surface area contributed by atoms with Gasteiger partial charge in [0.2, 0.25) is 10.0 Å². The van der Waals surface area contributed by atoms with Gasteiger partial charge in [-0.1, -0.05) is 30.1 Å². The van der Waals surface area contributed by atoms with E-state index in [2.05, 4.69) is 0 Å². The molecule has 0 aliphatic heterocycles. The van der Waals surface area contributed by atoms with E-state index in [0.717, 1.165) is 12.1 Å². The van der Waals surface area contributed by atoms with Gasteiger partial charge in [0.15, 0.2) is 0 Å². The second-order valence-corrected chi connectivity index (χ2v) is 7.96. The smallest absolute Gasteiger partial charge is 0.337 e. The number of hydrogen-bond donors (Lipinski definition) is 1. The first-order chi connectivity index (χ1) is 9.45. The van der Waals surface area contributed by atoms with E-state index in [9.17, 15) is 13.2 Å². The van der Waals surface area contributed by atoms with Crippen LogP contribution >= 0.6 is 23.2 Å². The lowest BCUT2D eigenvalue weighted by Gasteiger charge is -2.34. The van der Waals surface area contributed by atoms with Crippen LogP contribution in [0.25, 0.3) is 0 Å². The van der Waals surface area contributed by atoms with E-state index in [1.165, 1.54) is 11.4 Å². The third-order valence-corrected chi connectivity index (χ3v) is 6.45. The summed E-state index contributed by atoms with van der Waals surface area (Å²) in [5.41, 5.74) is -0.937. The van der Waals surface area contributed by atoms with Crippen LogP contribution in [0.4, 0.5) is 0 Å². The molecule has 8 heteroatoms. The van der Waals surface area contributed by atoms with Crippen molar-refractivity contribution in [1.29, 1.82) is 0 Å². The second-order valence-electron chi connectivity index (χ2n) is 5.21. The summed E-state index contributed by atoms with van der Waals surface area (Å²) in [6.45, 7) is 5.40. The minimum absolute atomic E-state index is 0.108. The SMILES string of the molecule is CCC(C)(C)N(C)S(=O)(=O)c1cc(C(=O)O)c(Cl)cc1Cl. The summed E-state index contributed by atoms with van der Waals surface area (Å²) >= 11 is 11.7. The molecule has 0 spiro atoms. The molecule has 0 amide bonds. The van der Waals surface area contributed by atoms with Gasteiger partial charge >= 0.3 is 5.97 Å². The Morgan fingerprint density at radius 2 is 1.81 bits per heavy atom. The molecule has 0 bridgehead atoms. The zero-order valence-electron chi connectivity index (χ0n) is 12.1. The van der Waals surface area contributed by atoms with Crippen molar-refractivity contribution in [1.82, 2.24) is 4.31 Å². The van der Waals surface area contributed by atoms with Crippen molar-refractivity contribution in [2.24, 2.45) is 0 Å². The number of carboxylic acid groups (broad SMARTS) is 1. The van der Waals surface area contributed by atoms with Crippen LogP contribution in [0.5, 0.6) is 0 Å². The third kappa shape index (κ3) is 3.51. The highest BCUT2D eigenvalue weighted by Crippen LogP contribution is 2.33. The molecule has 118 valence electrons. The van der Waals surface area contributed by atoms with Crippen LogP contribution in [0.3, 0.4) is 0 Å². The Bertz CT molecular complexity index is 671. The third-order valence-electron chi connectivity index (χ3n) is 3.61. The van der Waals surface area contributed by atoms with Gasteiger partial charge in [-0.25, -0.2) is 13.2 Å². The van der Waals surface area contributed by atoms with Crippen molar-refractivity contribution < 1.29 is 18.3 Å². The number of rotatable bonds is 5. The van der Waals surface area contributed by atoms with Gasteiger partial charge in [0, 0.05) is 12.6 Å². The van der Waals surface area contributed by atoms with Crippen molar-refractivity contribution in [2.45, 2.75) is 37.6 Å². The molecular formula is C13H17Cl2NO4S. The fourth-order valence-electron chi connectivity index (χ4n) is 1.59. The molecule has 0 heterocycles. The van der Waals surface area contributed by atoms with Gasteiger partial charge in [0.25, 0.3) is 0 Å². The number of hydrogen-bond acceptors (Lipinski definition) is 3. The van der Waals surface area contributed by atoms with Gasteiger partial charge in [0.05, 0.1) is 15.6 Å². The first-order valence-electron chi connectivity index (χ1n) is 6.16. The summed E-state index contributed by atoms with van der Waals surface area (Å²) in [6, 6.07) is 2.12. The molecule has 1 rings (SSSR count). The van der Waals surface area contributed by atoms with Crippen LogP contribution in [0.2, 0.25) is 10.0 Å². The van der Waals surface area contributed by atoms with E-state index in [1.54, 1.807) is 13.8 Å². The van der Waals surface area contributed by atoms with Crippen LogP contribution in [0.15, 0.2) is 17.0 Å². The minimum Gasteiger partial charge on any atom is -0.478 e. The maximum atomic E-state index is 12.7. The molecule has 0 atom stereocenters. The predicted molar refractivity (Wildman–Crippen MR) is 82.7 cm³/mol. The molecule has 0 aromatic heterocycles. The highest BCUT2D eigenvalue weighted by Gasteiger charge is 2.34. The molecule has 0 unspecified atom stereocenters. The Balaban J connectivity index is 3.52. The van der Waals surface area contributed by atoms with E-state index >= 15 is 0 Å². The molecule has 21 heavy (non-hydrogen) atoms. The first-order valence-corrected chi connectivity index (χ1v) is 8.36. The lowest BCUT2D eigenvalue weighted by atomic mass is 10.0. The Labute approximate surface area is 134 Å². The molecule has 1 aromatic carbocycles. The van der Waals surface area contributed by atoms with Gasteiger partial charge in [-0.05, 0) is 32.4 Å². The minimum atomic E-state index is -3.93. The summed E-state index contributed by atoms with van der Waals surface area (Å²) in [4.78, 5) is 10.8. The maximum absolute atomic E-state index is 12.7. The fourth-order valence-corrected chi connectivity index (χ4v) is 3.99. The van der Waals surface area contributed by atoms with Gasteiger partial charge in [-0.2, -0.15) is 4.31 Å². The van der Waals surface area contributed by atoms with Crippen LogP contribution in [-0.4, -0.2) is 36.4 Å². The lowest BCUT2D eigenvalue weighted by Crippen LogP contribution is -2.44. The van der Waals surface area contributed by atoms with E-state index < -0.39 is 21.5 Å². The van der Waals surface area contributed by atoms with Crippen molar-refractivity contribution in [2.75, 3.05) is 7.05 Å². The fraction of sp³-hybridized carbons (Fsp3) is 0.462. The summed E-state index contributed by atoms with van der Waals surface area (Å²) in [5.74, 6) is -1.31. The highest BCUT2D eigenvalue weighted by atomic mass is 35.5. The molecule has 0 saturated carbocycles. The monoisotopic (exact) mass is 353 g/mol. The Hall–Kier alpha value is -0.820. The molecule has 0 radical (unpaired) electrons. The maximum Gasteiger partial charge on any atom is 0.337 e. The average molecular weight is 354 g/mol. The van der Waals surface area contributed by atoms with Crippen molar-refractivity contribution in [3.05, 3.63) is 27.7 Å². The molecule has 0 aliphatic rings. The molecular weight excluding hydrogens is 337 g/mol. The van der Waals surface area contributed by atoms with E-state index in [4.69, 9.17) is 28.3 Å². The standard InChI is InChI=1S/C13H17Cl2NO4S/c1-5-13(2,3)16(4)21(19,20)11-6-8(12(17)18)9(14)7-10(11)15/h6-7H,5H2,1-4H3,(H,17,18). The zero-order chi connectivity index (χ0) is 16.6. The molecule has 1 N–H and O–H groups in total. The Morgan fingerprint density at radius 3 is 2.24 bits per heavy atom. The largest absolute Gasteiger partial charge is 0.478 e. The van der Waals surface area contributed by atoms with Gasteiger partial charge in [-0.15, -0.1) is 0 Å². The normalized spacial score (nSPS) is 12.7. The summed E-state index contributed by atoms with van der Waals surface area (Å²) in [5, 5.41) is 8.84. The van der Waals surface area contributed by atoms with Gasteiger partial charge < -0.3 is 5.11 Å². The number of halogens is 2. The average Bonchev–Trinajstić information content (AvgIpc) is 2.36. The lowest BCUT2D eigenvalue weighted by molar-refractivity contribution is 0.0697. The van der Waals surface area contributed by atoms with Crippen LogP contribution < -0.4 is 0 Å². The number of benzene rings is 1. The topological polar surface area (TPSA) is 74.7 Å². The molecule has 5 nitrogen and oxygen atoms in total. The van der Waals surface area contributed by atoms with E-state index in [1.807, 2.05) is 6.92 Å². The summed E-state index contributed by atoms with van der Waals surface area (Å²) in [7, 11) is -2.50. The van der Waals surface area contributed by atoms with Gasteiger partial charge in [-0.3, -0.25) is 0 Å². The van der Waals surface area contributed by atoms with Crippen molar-refractivity contribution in [3.8, 4) is 0 Å². The molecule has 0 fully saturated rings. The number of carboxylic acids is 1. The van der Waals surface area contributed by atoms with E-state index in [0.29, 0.717) is 6.42 Å². The van der Waals surface area contributed by atoms with Crippen molar-refractivity contribution in [3.63, 3.8) is 0 Å². The van der Waals surface area contributed by atoms with Crippen molar-refractivity contribution >= 4 is 39.2 Å². The Kier molecular flexibility index (Phi) is 5.31. The number of aromatic carboxylic acids is 1. The highest BCUT2D eigenvalue weighted by molar-refractivity contribution is 7.89. The second kappa shape index (κ2) is 6.12. The number of nitrogens with zero attached hydrogens (tertiary/aromatic N) is 1. The Morgan fingerprint density at radius 1 is 1.29 bits per heavy atom. The van der Waals surface area contributed by atoms with Gasteiger partial charge in [0.1, 0.15) is 4.90 Å².